The number of hydrogen-bond donors (Lipinski definition) is 4. The predicted molar refractivity (Wildman–Crippen MR) is 116 cm³/mol. The minimum absolute atomic E-state index is 0.00852. The van der Waals surface area contributed by atoms with E-state index in [1.165, 1.54) is 32.0 Å². The Labute approximate surface area is 194 Å². The molecule has 180 valence electrons. The van der Waals surface area contributed by atoms with Gasteiger partial charge in [-0.3, -0.25) is 33.7 Å². The number of nitrogens with zero attached hydrogens (tertiary/aromatic N) is 1. The van der Waals surface area contributed by atoms with E-state index in [2.05, 4.69) is 0 Å². The van der Waals surface area contributed by atoms with Crippen molar-refractivity contribution in [2.24, 2.45) is 29.4 Å². The number of phenols is 1. The van der Waals surface area contributed by atoms with Crippen LogP contribution in [0.3, 0.4) is 0 Å². The number of carbonyl (C=O) groups excluding carboxylic acids is 6. The van der Waals surface area contributed by atoms with Gasteiger partial charge in [0.05, 0.1) is 23.2 Å². The second-order valence-corrected chi connectivity index (χ2v) is 9.56. The Bertz CT molecular complexity index is 1210. The van der Waals surface area contributed by atoms with Gasteiger partial charge in [0, 0.05) is 11.5 Å². The van der Waals surface area contributed by atoms with Crippen LogP contribution in [0.2, 0.25) is 0 Å². The lowest BCUT2D eigenvalue weighted by atomic mass is 9.52. The first-order chi connectivity index (χ1) is 15.7. The topological polar surface area (TPSA) is 198 Å². The number of Topliss-reactive ketones (excluding diaryl/α,β-unsaturated/α-hetero) is 5. The number of likely N-dealkylation sites (N-methyl/N-ethyl adjacent to an activating group) is 1. The maximum Gasteiger partial charge on any atom is 0.235 e. The van der Waals surface area contributed by atoms with E-state index in [1.807, 2.05) is 0 Å². The van der Waals surface area contributed by atoms with E-state index in [-0.39, 0.29) is 35.2 Å². The van der Waals surface area contributed by atoms with Crippen molar-refractivity contribution < 1.29 is 39.0 Å². The fraction of sp³-hybridized carbons (Fsp3) is 0.478. The number of fused-ring (bicyclic) bond motifs is 3. The van der Waals surface area contributed by atoms with E-state index in [4.69, 9.17) is 11.5 Å². The van der Waals surface area contributed by atoms with Crippen molar-refractivity contribution in [2.45, 2.75) is 31.4 Å². The minimum atomic E-state index is -2.80. The summed E-state index contributed by atoms with van der Waals surface area (Å²) in [5.41, 5.74) is 8.09. The monoisotopic (exact) mass is 471 g/mol. The Hall–Kier alpha value is -3.44. The van der Waals surface area contributed by atoms with Gasteiger partial charge in [-0.25, -0.2) is 0 Å². The van der Waals surface area contributed by atoms with Crippen molar-refractivity contribution in [1.82, 2.24) is 4.90 Å². The average Bonchev–Trinajstić information content (AvgIpc) is 2.72. The largest absolute Gasteiger partial charge is 0.505 e. The molecule has 1 aromatic carbocycles. The van der Waals surface area contributed by atoms with Crippen molar-refractivity contribution in [2.75, 3.05) is 19.8 Å². The molecule has 6 N–H and O–H groups in total. The van der Waals surface area contributed by atoms with Gasteiger partial charge in [0.1, 0.15) is 5.75 Å². The summed E-state index contributed by atoms with van der Waals surface area (Å²) < 4.78 is 0. The Morgan fingerprint density at radius 3 is 2.29 bits per heavy atom. The molecule has 1 aromatic rings. The zero-order chi connectivity index (χ0) is 25.4. The fourth-order valence-corrected chi connectivity index (χ4v) is 6.01. The van der Waals surface area contributed by atoms with Gasteiger partial charge in [-0.1, -0.05) is 0 Å². The molecule has 11 nitrogen and oxygen atoms in total. The van der Waals surface area contributed by atoms with Crippen LogP contribution in [-0.4, -0.2) is 75.7 Å². The van der Waals surface area contributed by atoms with Crippen molar-refractivity contribution in [3.63, 3.8) is 0 Å². The third-order valence-corrected chi connectivity index (χ3v) is 7.47. The number of nitrogens with two attached hydrogens (primary N) is 2. The number of rotatable bonds is 3. The summed E-state index contributed by atoms with van der Waals surface area (Å²) in [4.78, 5) is 78.9. The highest BCUT2D eigenvalue weighted by Crippen LogP contribution is 2.51. The molecule has 2 saturated carbocycles. The number of primary amides is 1. The van der Waals surface area contributed by atoms with Crippen LogP contribution in [0.25, 0.3) is 0 Å². The number of aromatic hydroxyl groups is 1. The molecule has 0 radical (unpaired) electrons. The van der Waals surface area contributed by atoms with Gasteiger partial charge < -0.3 is 21.7 Å². The second-order valence-electron chi connectivity index (χ2n) is 9.56. The van der Waals surface area contributed by atoms with Crippen LogP contribution in [0.15, 0.2) is 6.07 Å². The molecule has 6 atom stereocenters. The highest BCUT2D eigenvalue weighted by molar-refractivity contribution is 6.32. The summed E-state index contributed by atoms with van der Waals surface area (Å²) in [5, 5.41) is 22.0. The van der Waals surface area contributed by atoms with Crippen molar-refractivity contribution >= 4 is 40.5 Å². The Morgan fingerprint density at radius 1 is 1.15 bits per heavy atom. The van der Waals surface area contributed by atoms with E-state index >= 15 is 0 Å². The van der Waals surface area contributed by atoms with E-state index in [1.54, 1.807) is 0 Å². The van der Waals surface area contributed by atoms with Gasteiger partial charge in [-0.2, -0.15) is 0 Å². The lowest BCUT2D eigenvalue weighted by Gasteiger charge is -2.52. The van der Waals surface area contributed by atoms with E-state index in [0.717, 1.165) is 0 Å². The molecule has 1 amide bonds. The Morgan fingerprint density at radius 2 is 1.76 bits per heavy atom. The first-order valence-electron chi connectivity index (χ1n) is 10.7. The third-order valence-electron chi connectivity index (χ3n) is 7.47. The summed E-state index contributed by atoms with van der Waals surface area (Å²) in [6.07, 6.45) is -0.0824. The summed E-state index contributed by atoms with van der Waals surface area (Å²) in [6.45, 7) is 1.28. The van der Waals surface area contributed by atoms with Crippen LogP contribution in [0.1, 0.15) is 39.6 Å². The zero-order valence-corrected chi connectivity index (χ0v) is 18.8. The van der Waals surface area contributed by atoms with Crippen molar-refractivity contribution in [3.8, 4) is 5.75 Å². The number of carbonyl (C=O) groups is 6. The van der Waals surface area contributed by atoms with Gasteiger partial charge in [-0.15, -0.1) is 0 Å². The summed E-state index contributed by atoms with van der Waals surface area (Å²) >= 11 is 0. The van der Waals surface area contributed by atoms with Gasteiger partial charge >= 0.3 is 0 Å². The van der Waals surface area contributed by atoms with Gasteiger partial charge in [0.2, 0.25) is 5.91 Å². The van der Waals surface area contributed by atoms with E-state index < -0.39 is 75.9 Å². The Kier molecular flexibility index (Phi) is 5.26. The van der Waals surface area contributed by atoms with Crippen LogP contribution < -0.4 is 11.5 Å². The molecule has 2 unspecified atom stereocenters. The van der Waals surface area contributed by atoms with Crippen LogP contribution in [0.4, 0.5) is 5.69 Å². The number of anilines is 1. The molecule has 0 heterocycles. The fourth-order valence-electron chi connectivity index (χ4n) is 6.01. The molecular weight excluding hydrogens is 446 g/mol. The molecule has 2 fully saturated rings. The number of aliphatic hydroxyl groups is 1. The Balaban J connectivity index is 1.92. The van der Waals surface area contributed by atoms with E-state index in [0.29, 0.717) is 0 Å². The average molecular weight is 471 g/mol. The van der Waals surface area contributed by atoms with Crippen LogP contribution in [-0.2, 0) is 25.6 Å². The molecule has 4 rings (SSSR count). The van der Waals surface area contributed by atoms with Crippen LogP contribution >= 0.6 is 0 Å². The number of amides is 1. The highest BCUT2D eigenvalue weighted by Gasteiger charge is 2.69. The second kappa shape index (κ2) is 7.54. The quantitative estimate of drug-likeness (QED) is 0.177. The molecule has 3 aliphatic rings. The van der Waals surface area contributed by atoms with Crippen molar-refractivity contribution in [3.05, 3.63) is 22.8 Å². The normalized spacial score (nSPS) is 32.8. The van der Waals surface area contributed by atoms with Crippen molar-refractivity contribution in [1.29, 1.82) is 0 Å². The maximum absolute atomic E-state index is 13.7. The predicted octanol–water partition coefficient (Wildman–Crippen LogP) is -1.35. The van der Waals surface area contributed by atoms with Gasteiger partial charge in [0.15, 0.2) is 40.4 Å². The molecule has 0 saturated heterocycles. The summed E-state index contributed by atoms with van der Waals surface area (Å²) in [6, 6.07) is 0.0763. The molecule has 0 aromatic heterocycles. The van der Waals surface area contributed by atoms with E-state index in [9.17, 15) is 39.0 Å². The summed E-state index contributed by atoms with van der Waals surface area (Å²) in [7, 11) is 3.01. The van der Waals surface area contributed by atoms with Crippen LogP contribution in [0, 0.1) is 23.7 Å². The van der Waals surface area contributed by atoms with Gasteiger partial charge in [-0.05, 0) is 51.4 Å². The lowest BCUT2D eigenvalue weighted by molar-refractivity contribution is -0.181. The van der Waals surface area contributed by atoms with Crippen LogP contribution in [0.5, 0.6) is 5.75 Å². The number of nitrogen functional groups attached to an aromatic ring is 1. The molecule has 3 aliphatic carbocycles. The lowest BCUT2D eigenvalue weighted by Crippen LogP contribution is -2.74. The first kappa shape index (κ1) is 23.7. The highest BCUT2D eigenvalue weighted by atomic mass is 16.3. The summed E-state index contributed by atoms with van der Waals surface area (Å²) in [5.74, 6) is -12.0. The number of ketones is 5. The molecule has 0 spiro atoms. The van der Waals surface area contributed by atoms with Gasteiger partial charge in [0.25, 0.3) is 0 Å². The molecule has 11 heteroatoms. The third kappa shape index (κ3) is 2.90. The standard InChI is InChI=1S/C23H25N3O8/c1-7(27)9-6-12(24)17(28)14-10(9)4-8-5-11-16(26(2)3)19(30)15(22(25)33)21(32)23(11,34)20(31)13(8)18(14)29/h6,8,11,13,15-16,28,34H,4-5,24H2,1-3H3,(H2,25,33)/t8-,11-,13?,15?,16-,23-/m0/s1. The minimum Gasteiger partial charge on any atom is -0.505 e. The molecule has 34 heavy (non-hydrogen) atoms. The number of hydrogen-bond acceptors (Lipinski definition) is 10. The molecule has 0 aliphatic heterocycles. The number of benzene rings is 1. The zero-order valence-electron chi connectivity index (χ0n) is 18.8. The number of phenolic OH excluding ortho intramolecular Hbond substituents is 1. The first-order valence-corrected chi connectivity index (χ1v) is 10.7. The smallest absolute Gasteiger partial charge is 0.235 e. The molecule has 0 bridgehead atoms. The maximum atomic E-state index is 13.7. The molecular formula is C23H25N3O8. The SMILES string of the molecule is CC(=O)c1cc(N)c(O)c2c1C[C@H]1C[C@H]3[C@H](N(C)C)C(=O)C(C(N)=O)C(=O)[C@@]3(O)C(=O)C1C2=O.